The third kappa shape index (κ3) is 16.8. The number of aromatic hydroxyl groups is 1. The summed E-state index contributed by atoms with van der Waals surface area (Å²) in [7, 11) is -4.71. The maximum Gasteiger partial charge on any atom is 0.323 e. The van der Waals surface area contributed by atoms with E-state index in [1.54, 1.807) is 26.0 Å². The maximum absolute atomic E-state index is 14.4. The summed E-state index contributed by atoms with van der Waals surface area (Å²) in [6.45, 7) is 16.2. The number of phenolic OH excluding ortho intramolecular Hbond substituents is 1. The van der Waals surface area contributed by atoms with Gasteiger partial charge in [0.15, 0.2) is 0 Å². The van der Waals surface area contributed by atoms with Crippen LogP contribution in [0.5, 0.6) is 5.75 Å². The van der Waals surface area contributed by atoms with Crippen molar-refractivity contribution in [3.63, 3.8) is 0 Å². The number of amides is 3. The van der Waals surface area contributed by atoms with Gasteiger partial charge in [0, 0.05) is 86.3 Å². The Morgan fingerprint density at radius 1 is 0.620 bits per heavy atom. The number of phenols is 1. The third-order valence-corrected chi connectivity index (χ3v) is 13.7. The maximum atomic E-state index is 14.4. The summed E-state index contributed by atoms with van der Waals surface area (Å²) < 4.78 is 41.6. The summed E-state index contributed by atoms with van der Waals surface area (Å²) in [5, 5.41) is 49.5. The number of unbranched alkanes of at least 4 members (excludes halogenated alkanes) is 3. The average Bonchev–Trinajstić information content (AvgIpc) is 3.31. The number of sulfonamides is 1. The fraction of sp³-hybridized carbons (Fsp3) is 0.391. The van der Waals surface area contributed by atoms with Crippen molar-refractivity contribution in [2.75, 3.05) is 25.1 Å². The Kier molecular flexibility index (Phi) is 22.3. The number of nitrogens with one attached hydrogen (secondary N) is 6. The van der Waals surface area contributed by atoms with Crippen molar-refractivity contribution >= 4 is 108 Å². The van der Waals surface area contributed by atoms with Crippen LogP contribution in [0.3, 0.4) is 0 Å². The second kappa shape index (κ2) is 27.5. The Hall–Kier alpha value is -6.03. The van der Waals surface area contributed by atoms with Crippen LogP contribution in [0, 0.1) is 0 Å². The largest absolute Gasteiger partial charge is 0.507 e. The molecule has 3 amide bonds. The van der Waals surface area contributed by atoms with Crippen LogP contribution in [0.25, 0.3) is 32.3 Å². The molecule has 3 unspecified atom stereocenters. The van der Waals surface area contributed by atoms with E-state index in [-0.39, 0.29) is 94.6 Å². The first-order valence-electron chi connectivity index (χ1n) is 22.1. The molecular formula is C46H58N6O16S3. The standard InChI is InChI=1S/C46H58N6O16S3/c1-25(2)41(54)47-20-10-7-13-32(44(57)58)50-65-68-70-37-24-38(71(63,64)52-33(45(59)60)14-8-11-21-48-42(55)26(3)4)31-19-17-29-35(53)23-34(28-16-18-30(37)40(31)39(28)29)51-66-67-69-36(46(61)62)15-9-12-22-49-43(56)27(5)6/h16-19,23-24,32-33,36,50-53H,1,3,5,7-15,20-22H2,2,4,6H3,(H,47,54)(H,48,55)(H,49,56)(H,57,58)(H,59,60)(H,61,62). The Labute approximate surface area is 417 Å². The van der Waals surface area contributed by atoms with Crippen molar-refractivity contribution in [3.05, 3.63) is 72.9 Å². The molecule has 0 aliphatic heterocycles. The highest BCUT2D eigenvalue weighted by atomic mass is 32.2. The number of hydrogen-bond acceptors (Lipinski definition) is 17. The summed E-state index contributed by atoms with van der Waals surface area (Å²) in [5.41, 5.74) is 5.95. The van der Waals surface area contributed by atoms with Crippen molar-refractivity contribution in [2.24, 2.45) is 0 Å². The van der Waals surface area contributed by atoms with Crippen LogP contribution < -0.4 is 31.6 Å². The van der Waals surface area contributed by atoms with Crippen molar-refractivity contribution in [2.45, 2.75) is 106 Å². The number of hydroxylamine groups is 1. The van der Waals surface area contributed by atoms with Gasteiger partial charge in [0.2, 0.25) is 27.7 Å². The summed E-state index contributed by atoms with van der Waals surface area (Å²) in [6, 6.07) is 5.80. The SMILES string of the molecule is C=C(C)C(=O)NCCCCC(NOOSc1cc(S(=O)(=O)NC(CCCCNC(=O)C(=C)C)C(=O)O)c2ccc3c(O)cc(NOOSC(CCCCNC(=O)C(=C)C)C(=O)O)c4ccc1c2c34)C(=O)O. The van der Waals surface area contributed by atoms with E-state index in [9.17, 15) is 57.6 Å². The number of carbonyl (C=O) groups excluding carboxylic acids is 3. The Morgan fingerprint density at radius 3 is 1.65 bits per heavy atom. The van der Waals surface area contributed by atoms with Gasteiger partial charge in [-0.25, -0.2) is 13.9 Å². The molecule has 71 heavy (non-hydrogen) atoms. The number of benzene rings is 4. The van der Waals surface area contributed by atoms with Gasteiger partial charge in [-0.3, -0.25) is 28.8 Å². The van der Waals surface area contributed by atoms with Crippen LogP contribution in [-0.2, 0) is 57.4 Å². The molecule has 386 valence electrons. The number of carboxylic acids is 3. The first kappa shape index (κ1) is 57.5. The van der Waals surface area contributed by atoms with Gasteiger partial charge in [0.25, 0.3) is 0 Å². The highest BCUT2D eigenvalue weighted by Gasteiger charge is 2.30. The lowest BCUT2D eigenvalue weighted by molar-refractivity contribution is -0.254. The highest BCUT2D eigenvalue weighted by molar-refractivity contribution is 7.96. The van der Waals surface area contributed by atoms with Gasteiger partial charge in [-0.05, 0) is 96.1 Å². The summed E-state index contributed by atoms with van der Waals surface area (Å²) >= 11 is 1.02. The summed E-state index contributed by atoms with van der Waals surface area (Å²) in [6.07, 6.45) is 2.36. The number of carboxylic acid groups (broad SMARTS) is 3. The summed E-state index contributed by atoms with van der Waals surface area (Å²) in [5.74, 6) is -5.20. The Bertz CT molecular complexity index is 2740. The molecule has 0 aliphatic carbocycles. The van der Waals surface area contributed by atoms with Gasteiger partial charge < -0.3 is 36.4 Å². The smallest absolute Gasteiger partial charge is 0.323 e. The zero-order valence-electron chi connectivity index (χ0n) is 39.2. The molecule has 0 aliphatic rings. The molecule has 0 spiro atoms. The zero-order valence-corrected chi connectivity index (χ0v) is 41.7. The van der Waals surface area contributed by atoms with E-state index in [0.717, 1.165) is 0 Å². The number of aliphatic carboxylic acids is 3. The van der Waals surface area contributed by atoms with Crippen LogP contribution >= 0.6 is 24.1 Å². The van der Waals surface area contributed by atoms with E-state index < -0.39 is 50.2 Å². The Balaban J connectivity index is 1.63. The topological polar surface area (TPSA) is 327 Å². The van der Waals surface area contributed by atoms with E-state index in [0.29, 0.717) is 90.0 Å². The quantitative estimate of drug-likeness (QED) is 0.00650. The molecule has 0 radical (unpaired) electrons. The molecule has 0 heterocycles. The van der Waals surface area contributed by atoms with Gasteiger partial charge in [-0.15, -0.1) is 18.6 Å². The number of carbonyl (C=O) groups is 6. The minimum absolute atomic E-state index is 0.0683. The van der Waals surface area contributed by atoms with Crippen LogP contribution in [0.15, 0.2) is 82.6 Å². The van der Waals surface area contributed by atoms with Crippen molar-refractivity contribution < 1.29 is 76.3 Å². The van der Waals surface area contributed by atoms with Crippen LogP contribution in [-0.4, -0.2) is 101 Å². The lowest BCUT2D eigenvalue weighted by atomic mass is 9.93. The highest BCUT2D eigenvalue weighted by Crippen LogP contribution is 2.46. The lowest BCUT2D eigenvalue weighted by Gasteiger charge is -2.20. The van der Waals surface area contributed by atoms with Gasteiger partial charge in [-0.1, -0.05) is 37.9 Å². The Morgan fingerprint density at radius 2 is 1.11 bits per heavy atom. The van der Waals surface area contributed by atoms with Crippen molar-refractivity contribution in [1.82, 2.24) is 26.2 Å². The molecule has 25 heteroatoms. The molecule has 4 rings (SSSR count). The van der Waals surface area contributed by atoms with Crippen molar-refractivity contribution in [1.29, 1.82) is 0 Å². The van der Waals surface area contributed by atoms with E-state index in [2.05, 4.69) is 51.4 Å². The van der Waals surface area contributed by atoms with Gasteiger partial charge in [0.05, 0.1) is 22.6 Å². The second-order valence-corrected chi connectivity index (χ2v) is 19.7. The van der Waals surface area contributed by atoms with Gasteiger partial charge in [0.1, 0.15) is 23.1 Å². The summed E-state index contributed by atoms with van der Waals surface area (Å²) in [4.78, 5) is 81.8. The van der Waals surface area contributed by atoms with E-state index in [1.807, 2.05) is 0 Å². The molecule has 0 aromatic heterocycles. The first-order valence-corrected chi connectivity index (χ1v) is 25.2. The number of hydrogen-bond donors (Lipinski definition) is 10. The predicted octanol–water partition coefficient (Wildman–Crippen LogP) is 5.90. The average molecular weight is 1050 g/mol. The van der Waals surface area contributed by atoms with Crippen LogP contribution in [0.2, 0.25) is 0 Å². The molecule has 3 atom stereocenters. The van der Waals surface area contributed by atoms with Crippen molar-refractivity contribution in [3.8, 4) is 5.75 Å². The van der Waals surface area contributed by atoms with E-state index in [4.69, 9.17) is 18.6 Å². The first-order chi connectivity index (χ1) is 33.6. The second-order valence-electron chi connectivity index (χ2n) is 16.4. The lowest BCUT2D eigenvalue weighted by Crippen LogP contribution is -2.40. The van der Waals surface area contributed by atoms with Gasteiger partial charge in [-0.2, -0.15) is 10.2 Å². The normalized spacial score (nSPS) is 12.8. The fourth-order valence-corrected chi connectivity index (χ4v) is 9.55. The third-order valence-electron chi connectivity index (χ3n) is 10.7. The molecule has 4 aromatic carbocycles. The minimum Gasteiger partial charge on any atom is -0.507 e. The molecule has 22 nitrogen and oxygen atoms in total. The van der Waals surface area contributed by atoms with E-state index in [1.165, 1.54) is 31.2 Å². The van der Waals surface area contributed by atoms with Crippen LogP contribution in [0.4, 0.5) is 5.69 Å². The number of anilines is 1. The molecule has 4 aromatic rings. The van der Waals surface area contributed by atoms with Crippen LogP contribution in [0.1, 0.15) is 78.6 Å². The van der Waals surface area contributed by atoms with E-state index >= 15 is 0 Å². The minimum atomic E-state index is -4.71. The monoisotopic (exact) mass is 1050 g/mol. The fourth-order valence-electron chi connectivity index (χ4n) is 6.94. The zero-order chi connectivity index (χ0) is 52.4. The molecule has 0 saturated carbocycles. The number of rotatable bonds is 34. The predicted molar refractivity (Wildman–Crippen MR) is 266 cm³/mol. The molecule has 0 bridgehead atoms. The molecule has 10 N–H and O–H groups in total. The molecule has 0 saturated heterocycles. The molecule has 0 fully saturated rings. The molecular weight excluding hydrogens is 989 g/mol. The van der Waals surface area contributed by atoms with Gasteiger partial charge >= 0.3 is 17.9 Å².